The fraction of sp³-hybridized carbons (Fsp3) is 0.625. The summed E-state index contributed by atoms with van der Waals surface area (Å²) < 4.78 is 12.2. The Hall–Kier alpha value is -0.890. The van der Waals surface area contributed by atoms with Gasteiger partial charge in [-0.3, -0.25) is 0 Å². The molecule has 0 unspecified atom stereocenters. The Bertz CT molecular complexity index is 421. The minimum Gasteiger partial charge on any atom is -0.486 e. The summed E-state index contributed by atoms with van der Waals surface area (Å²) in [6, 6.07) is 5.80. The van der Waals surface area contributed by atoms with Gasteiger partial charge in [-0.15, -0.1) is 0 Å². The first kappa shape index (κ1) is 13.1. The molecule has 3 heteroatoms. The van der Waals surface area contributed by atoms with Crippen molar-refractivity contribution in [2.75, 3.05) is 0 Å². The van der Waals surface area contributed by atoms with Crippen LogP contribution in [0.5, 0.6) is 11.5 Å². The van der Waals surface area contributed by atoms with Gasteiger partial charge < -0.3 is 9.47 Å². The molecule has 3 rings (SSSR count). The van der Waals surface area contributed by atoms with Gasteiger partial charge >= 0.3 is 0 Å². The van der Waals surface area contributed by atoms with E-state index >= 15 is 0 Å². The molecular formula is C16H21ClO2. The van der Waals surface area contributed by atoms with E-state index in [0.717, 1.165) is 37.2 Å². The van der Waals surface area contributed by atoms with Crippen molar-refractivity contribution in [1.29, 1.82) is 0 Å². The van der Waals surface area contributed by atoms with E-state index in [-0.39, 0.29) is 0 Å². The molecular weight excluding hydrogens is 260 g/mol. The first-order chi connectivity index (χ1) is 9.33. The number of para-hydroxylation sites is 1. The maximum atomic E-state index is 6.29. The molecule has 2 fully saturated rings. The summed E-state index contributed by atoms with van der Waals surface area (Å²) in [5.41, 5.74) is 0. The number of rotatable bonds is 4. The summed E-state index contributed by atoms with van der Waals surface area (Å²) in [5.74, 6) is 1.58. The first-order valence-corrected chi connectivity index (χ1v) is 7.82. The van der Waals surface area contributed by atoms with Crippen LogP contribution in [0.25, 0.3) is 0 Å². The summed E-state index contributed by atoms with van der Waals surface area (Å²) in [7, 11) is 0. The fourth-order valence-corrected chi connectivity index (χ4v) is 3.27. The van der Waals surface area contributed by atoms with E-state index in [2.05, 4.69) is 0 Å². The van der Waals surface area contributed by atoms with Crippen LogP contribution in [0.4, 0.5) is 0 Å². The van der Waals surface area contributed by atoms with E-state index in [4.69, 9.17) is 21.1 Å². The van der Waals surface area contributed by atoms with Gasteiger partial charge in [0.15, 0.2) is 11.5 Å². The molecule has 19 heavy (non-hydrogen) atoms. The standard InChI is InChI=1S/C16H21ClO2/c17-14-10-5-11-15(18-12-6-1-2-7-12)16(14)19-13-8-3-4-9-13/h5,10-13H,1-4,6-9H2. The fourth-order valence-electron chi connectivity index (χ4n) is 3.05. The third kappa shape index (κ3) is 3.17. The molecule has 2 saturated carbocycles. The van der Waals surface area contributed by atoms with Crippen LogP contribution in [0.2, 0.25) is 5.02 Å². The molecule has 0 heterocycles. The van der Waals surface area contributed by atoms with Crippen LogP contribution < -0.4 is 9.47 Å². The topological polar surface area (TPSA) is 18.5 Å². The molecule has 0 N–H and O–H groups in total. The zero-order chi connectivity index (χ0) is 13.1. The summed E-state index contributed by atoms with van der Waals surface area (Å²) in [6.45, 7) is 0. The molecule has 0 radical (unpaired) electrons. The molecule has 0 spiro atoms. The zero-order valence-electron chi connectivity index (χ0n) is 11.2. The van der Waals surface area contributed by atoms with Gasteiger partial charge in [0, 0.05) is 0 Å². The molecule has 1 aromatic rings. The molecule has 104 valence electrons. The monoisotopic (exact) mass is 280 g/mol. The summed E-state index contributed by atoms with van der Waals surface area (Å²) >= 11 is 6.29. The van der Waals surface area contributed by atoms with Crippen molar-refractivity contribution in [2.24, 2.45) is 0 Å². The highest BCUT2D eigenvalue weighted by Gasteiger charge is 2.23. The van der Waals surface area contributed by atoms with Crippen molar-refractivity contribution in [2.45, 2.75) is 63.6 Å². The van der Waals surface area contributed by atoms with Gasteiger partial charge in [-0.05, 0) is 63.5 Å². The van der Waals surface area contributed by atoms with Crippen LogP contribution in [0.3, 0.4) is 0 Å². The Morgan fingerprint density at radius 1 is 0.842 bits per heavy atom. The van der Waals surface area contributed by atoms with Gasteiger partial charge in [-0.1, -0.05) is 17.7 Å². The average molecular weight is 281 g/mol. The highest BCUT2D eigenvalue weighted by atomic mass is 35.5. The molecule has 0 saturated heterocycles. The molecule has 2 aliphatic rings. The van der Waals surface area contributed by atoms with Gasteiger partial charge in [0.1, 0.15) is 0 Å². The third-order valence-corrected chi connectivity index (χ3v) is 4.41. The van der Waals surface area contributed by atoms with Gasteiger partial charge in [0.05, 0.1) is 17.2 Å². The highest BCUT2D eigenvalue weighted by Crippen LogP contribution is 2.39. The van der Waals surface area contributed by atoms with Crippen molar-refractivity contribution in [1.82, 2.24) is 0 Å². The van der Waals surface area contributed by atoms with E-state index < -0.39 is 0 Å². The number of hydrogen-bond acceptors (Lipinski definition) is 2. The van der Waals surface area contributed by atoms with Crippen molar-refractivity contribution in [3.63, 3.8) is 0 Å². The predicted molar refractivity (Wildman–Crippen MR) is 77.2 cm³/mol. The Morgan fingerprint density at radius 3 is 2.05 bits per heavy atom. The van der Waals surface area contributed by atoms with E-state index in [9.17, 15) is 0 Å². The first-order valence-electron chi connectivity index (χ1n) is 7.45. The summed E-state index contributed by atoms with van der Waals surface area (Å²) in [4.78, 5) is 0. The second-order valence-electron chi connectivity index (χ2n) is 5.62. The summed E-state index contributed by atoms with van der Waals surface area (Å²) in [5, 5.41) is 0.669. The Balaban J connectivity index is 1.75. The van der Waals surface area contributed by atoms with Crippen LogP contribution in [0.15, 0.2) is 18.2 Å². The lowest BCUT2D eigenvalue weighted by Crippen LogP contribution is -2.15. The lowest BCUT2D eigenvalue weighted by molar-refractivity contribution is 0.170. The molecule has 0 aromatic heterocycles. The van der Waals surface area contributed by atoms with Gasteiger partial charge in [-0.25, -0.2) is 0 Å². The van der Waals surface area contributed by atoms with Crippen LogP contribution in [-0.2, 0) is 0 Å². The van der Waals surface area contributed by atoms with Crippen molar-refractivity contribution in [3.8, 4) is 11.5 Å². The maximum absolute atomic E-state index is 6.29. The van der Waals surface area contributed by atoms with Crippen LogP contribution in [-0.4, -0.2) is 12.2 Å². The normalized spacial score (nSPS) is 20.9. The largest absolute Gasteiger partial charge is 0.486 e. The SMILES string of the molecule is Clc1cccc(OC2CCCC2)c1OC1CCCC1. The second-order valence-corrected chi connectivity index (χ2v) is 6.02. The smallest absolute Gasteiger partial charge is 0.180 e. The van der Waals surface area contributed by atoms with Crippen LogP contribution in [0.1, 0.15) is 51.4 Å². The van der Waals surface area contributed by atoms with Gasteiger partial charge in [0.25, 0.3) is 0 Å². The molecule has 0 atom stereocenters. The lowest BCUT2D eigenvalue weighted by Gasteiger charge is -2.20. The molecule has 2 aliphatic carbocycles. The minimum atomic E-state index is 0.311. The van der Waals surface area contributed by atoms with Gasteiger partial charge in [0.2, 0.25) is 0 Å². The Morgan fingerprint density at radius 2 is 1.42 bits per heavy atom. The van der Waals surface area contributed by atoms with E-state index in [1.54, 1.807) is 0 Å². The number of ether oxygens (including phenoxy) is 2. The Labute approximate surface area is 120 Å². The summed E-state index contributed by atoms with van der Waals surface area (Å²) in [6.07, 6.45) is 10.3. The van der Waals surface area contributed by atoms with Gasteiger partial charge in [-0.2, -0.15) is 0 Å². The molecule has 0 aliphatic heterocycles. The number of benzene rings is 1. The molecule has 2 nitrogen and oxygen atoms in total. The minimum absolute atomic E-state index is 0.311. The van der Waals surface area contributed by atoms with Crippen LogP contribution >= 0.6 is 11.6 Å². The van der Waals surface area contributed by atoms with Crippen LogP contribution in [0, 0.1) is 0 Å². The number of hydrogen-bond donors (Lipinski definition) is 0. The average Bonchev–Trinajstić information content (AvgIpc) is 3.07. The molecule has 0 amide bonds. The highest BCUT2D eigenvalue weighted by molar-refractivity contribution is 6.32. The number of halogens is 1. The maximum Gasteiger partial charge on any atom is 0.180 e. The second kappa shape index (κ2) is 6.04. The predicted octanol–water partition coefficient (Wildman–Crippen LogP) is 4.98. The van der Waals surface area contributed by atoms with E-state index in [1.807, 2.05) is 18.2 Å². The lowest BCUT2D eigenvalue weighted by atomic mass is 10.2. The zero-order valence-corrected chi connectivity index (χ0v) is 12.0. The third-order valence-electron chi connectivity index (χ3n) is 4.11. The quantitative estimate of drug-likeness (QED) is 0.774. The Kier molecular flexibility index (Phi) is 4.17. The van der Waals surface area contributed by atoms with E-state index in [1.165, 1.54) is 25.7 Å². The molecule has 1 aromatic carbocycles. The van der Waals surface area contributed by atoms with Crippen molar-refractivity contribution in [3.05, 3.63) is 23.2 Å². The van der Waals surface area contributed by atoms with Crippen molar-refractivity contribution >= 4 is 11.6 Å². The van der Waals surface area contributed by atoms with E-state index in [0.29, 0.717) is 17.2 Å². The molecule has 0 bridgehead atoms. The van der Waals surface area contributed by atoms with Crippen molar-refractivity contribution < 1.29 is 9.47 Å².